The summed E-state index contributed by atoms with van der Waals surface area (Å²) in [5, 5.41) is 9.39. The van der Waals surface area contributed by atoms with Gasteiger partial charge in [-0.15, -0.1) is 0 Å². The number of nitriles is 1. The summed E-state index contributed by atoms with van der Waals surface area (Å²) < 4.78 is 20.0. The Hall–Kier alpha value is -0.960. The summed E-state index contributed by atoms with van der Waals surface area (Å²) in [6.45, 7) is 0.691. The highest BCUT2D eigenvalue weighted by Gasteiger charge is 2.49. The molecular weight excluding hydrogens is 299 g/mol. The normalized spacial score (nSPS) is 19.1. The molecule has 1 aromatic rings. The zero-order valence-corrected chi connectivity index (χ0v) is 11.9. The number of hydrogen-bond acceptors (Lipinski definition) is 3. The van der Waals surface area contributed by atoms with Crippen LogP contribution in [0.15, 0.2) is 22.7 Å². The standard InChI is InChI=1S/C13H14BrFN2O/c1-17(2)12(13(6-16)7-18-8-13)10-5-9(14)3-4-11(10)15/h3-5,12H,7-8H2,1-2H3. The van der Waals surface area contributed by atoms with Gasteiger partial charge in [0.2, 0.25) is 0 Å². The number of rotatable bonds is 3. The first kappa shape index (κ1) is 13.5. The summed E-state index contributed by atoms with van der Waals surface area (Å²) in [4.78, 5) is 1.87. The molecule has 0 amide bonds. The smallest absolute Gasteiger partial charge is 0.128 e. The molecule has 0 radical (unpaired) electrons. The molecule has 0 aromatic heterocycles. The summed E-state index contributed by atoms with van der Waals surface area (Å²) >= 11 is 3.34. The Bertz CT molecular complexity index is 494. The minimum Gasteiger partial charge on any atom is -0.378 e. The molecule has 1 atom stereocenters. The zero-order valence-electron chi connectivity index (χ0n) is 10.3. The molecule has 0 aliphatic carbocycles. The molecule has 1 aromatic carbocycles. The van der Waals surface area contributed by atoms with Crippen molar-refractivity contribution >= 4 is 15.9 Å². The third-order valence-electron chi connectivity index (χ3n) is 3.23. The predicted octanol–water partition coefficient (Wildman–Crippen LogP) is 2.73. The van der Waals surface area contributed by atoms with Crippen LogP contribution in [0, 0.1) is 22.6 Å². The van der Waals surface area contributed by atoms with Crippen molar-refractivity contribution in [2.24, 2.45) is 5.41 Å². The van der Waals surface area contributed by atoms with Gasteiger partial charge < -0.3 is 9.64 Å². The van der Waals surface area contributed by atoms with Crippen LogP contribution in [0.2, 0.25) is 0 Å². The van der Waals surface area contributed by atoms with E-state index in [1.165, 1.54) is 6.07 Å². The fourth-order valence-electron chi connectivity index (χ4n) is 2.40. The van der Waals surface area contributed by atoms with Crippen molar-refractivity contribution in [1.82, 2.24) is 4.90 Å². The fourth-order valence-corrected chi connectivity index (χ4v) is 2.78. The molecule has 18 heavy (non-hydrogen) atoms. The predicted molar refractivity (Wildman–Crippen MR) is 69.4 cm³/mol. The quantitative estimate of drug-likeness (QED) is 0.861. The van der Waals surface area contributed by atoms with Crippen LogP contribution in [-0.2, 0) is 4.74 Å². The second kappa shape index (κ2) is 4.96. The maximum absolute atomic E-state index is 14.0. The lowest BCUT2D eigenvalue weighted by molar-refractivity contribution is -0.116. The lowest BCUT2D eigenvalue weighted by Gasteiger charge is -2.44. The van der Waals surface area contributed by atoms with Gasteiger partial charge in [-0.05, 0) is 32.3 Å². The van der Waals surface area contributed by atoms with E-state index in [4.69, 9.17) is 4.74 Å². The van der Waals surface area contributed by atoms with Gasteiger partial charge in [-0.2, -0.15) is 5.26 Å². The van der Waals surface area contributed by atoms with Gasteiger partial charge in [-0.25, -0.2) is 4.39 Å². The van der Waals surface area contributed by atoms with Crippen LogP contribution in [0.5, 0.6) is 0 Å². The van der Waals surface area contributed by atoms with Crippen LogP contribution < -0.4 is 0 Å². The molecule has 1 fully saturated rings. The summed E-state index contributed by atoms with van der Waals surface area (Å²) in [5.41, 5.74) is -0.135. The Morgan fingerprint density at radius 1 is 1.50 bits per heavy atom. The Balaban J connectivity index is 2.49. The van der Waals surface area contributed by atoms with E-state index in [0.717, 1.165) is 4.47 Å². The third-order valence-corrected chi connectivity index (χ3v) is 3.73. The van der Waals surface area contributed by atoms with Crippen LogP contribution >= 0.6 is 15.9 Å². The van der Waals surface area contributed by atoms with Crippen molar-refractivity contribution in [1.29, 1.82) is 5.26 Å². The van der Waals surface area contributed by atoms with Crippen LogP contribution in [-0.4, -0.2) is 32.2 Å². The average Bonchev–Trinajstić information content (AvgIpc) is 2.26. The van der Waals surface area contributed by atoms with Gasteiger partial charge >= 0.3 is 0 Å². The van der Waals surface area contributed by atoms with Crippen LogP contribution in [0.3, 0.4) is 0 Å². The first-order chi connectivity index (χ1) is 8.50. The van der Waals surface area contributed by atoms with E-state index >= 15 is 0 Å². The maximum atomic E-state index is 14.0. The number of ether oxygens (including phenoxy) is 1. The van der Waals surface area contributed by atoms with Gasteiger partial charge in [-0.1, -0.05) is 15.9 Å². The second-order valence-electron chi connectivity index (χ2n) is 4.79. The molecule has 1 aliphatic rings. The molecule has 1 unspecified atom stereocenters. The van der Waals surface area contributed by atoms with Gasteiger partial charge in [-0.3, -0.25) is 0 Å². The fraction of sp³-hybridized carbons (Fsp3) is 0.462. The molecule has 1 aliphatic heterocycles. The average molecular weight is 313 g/mol. The first-order valence-corrected chi connectivity index (χ1v) is 6.40. The lowest BCUT2D eigenvalue weighted by Crippen LogP contribution is -2.50. The maximum Gasteiger partial charge on any atom is 0.128 e. The van der Waals surface area contributed by atoms with Crippen molar-refractivity contribution in [3.63, 3.8) is 0 Å². The highest BCUT2D eigenvalue weighted by Crippen LogP contribution is 2.44. The van der Waals surface area contributed by atoms with Gasteiger partial charge in [0.05, 0.1) is 25.3 Å². The van der Waals surface area contributed by atoms with Crippen molar-refractivity contribution in [3.05, 3.63) is 34.1 Å². The van der Waals surface area contributed by atoms with Gasteiger partial charge in [0, 0.05) is 10.0 Å². The Morgan fingerprint density at radius 3 is 2.61 bits per heavy atom. The summed E-state index contributed by atoms with van der Waals surface area (Å²) in [5.74, 6) is -0.293. The number of halogens is 2. The highest BCUT2D eigenvalue weighted by atomic mass is 79.9. The molecule has 1 heterocycles. The van der Waals surface area contributed by atoms with E-state index in [0.29, 0.717) is 18.8 Å². The largest absolute Gasteiger partial charge is 0.378 e. The minimum atomic E-state index is -0.662. The number of benzene rings is 1. The monoisotopic (exact) mass is 312 g/mol. The van der Waals surface area contributed by atoms with Gasteiger partial charge in [0.15, 0.2) is 0 Å². The molecule has 96 valence electrons. The molecule has 0 saturated carbocycles. The van der Waals surface area contributed by atoms with Crippen molar-refractivity contribution in [2.45, 2.75) is 6.04 Å². The Labute approximate surface area is 114 Å². The molecule has 3 nitrogen and oxygen atoms in total. The zero-order chi connectivity index (χ0) is 13.3. The van der Waals surface area contributed by atoms with E-state index in [1.807, 2.05) is 19.0 Å². The van der Waals surface area contributed by atoms with E-state index in [2.05, 4.69) is 22.0 Å². The second-order valence-corrected chi connectivity index (χ2v) is 5.71. The van der Waals surface area contributed by atoms with E-state index in [1.54, 1.807) is 12.1 Å². The van der Waals surface area contributed by atoms with Crippen molar-refractivity contribution in [3.8, 4) is 6.07 Å². The molecule has 5 heteroatoms. The molecule has 1 saturated heterocycles. The van der Waals surface area contributed by atoms with Crippen molar-refractivity contribution in [2.75, 3.05) is 27.3 Å². The first-order valence-electron chi connectivity index (χ1n) is 5.60. The SMILES string of the molecule is CN(C)C(c1cc(Br)ccc1F)C1(C#N)COC1. The van der Waals surface area contributed by atoms with Crippen molar-refractivity contribution < 1.29 is 9.13 Å². The van der Waals surface area contributed by atoms with E-state index < -0.39 is 5.41 Å². The summed E-state index contributed by atoms with van der Waals surface area (Å²) in [6.07, 6.45) is 0. The molecule has 0 N–H and O–H groups in total. The topological polar surface area (TPSA) is 36.3 Å². The molecule has 0 spiro atoms. The van der Waals surface area contributed by atoms with Gasteiger partial charge in [0.1, 0.15) is 11.2 Å². The number of nitrogens with zero attached hydrogens (tertiary/aromatic N) is 2. The van der Waals surface area contributed by atoms with Crippen LogP contribution in [0.25, 0.3) is 0 Å². The Morgan fingerprint density at radius 2 is 2.17 bits per heavy atom. The van der Waals surface area contributed by atoms with E-state index in [-0.39, 0.29) is 11.9 Å². The van der Waals surface area contributed by atoms with E-state index in [9.17, 15) is 9.65 Å². The molecular formula is C13H14BrFN2O. The van der Waals surface area contributed by atoms with Crippen LogP contribution in [0.4, 0.5) is 4.39 Å². The van der Waals surface area contributed by atoms with Gasteiger partial charge in [0.25, 0.3) is 0 Å². The summed E-state index contributed by atoms with van der Waals surface area (Å²) in [6, 6.07) is 6.79. The number of hydrogen-bond donors (Lipinski definition) is 0. The molecule has 0 bridgehead atoms. The Kier molecular flexibility index (Phi) is 3.71. The van der Waals surface area contributed by atoms with Crippen LogP contribution in [0.1, 0.15) is 11.6 Å². The third kappa shape index (κ3) is 2.16. The lowest BCUT2D eigenvalue weighted by atomic mass is 9.75. The minimum absolute atomic E-state index is 0.293. The highest BCUT2D eigenvalue weighted by molar-refractivity contribution is 9.10. The summed E-state index contributed by atoms with van der Waals surface area (Å²) in [7, 11) is 3.70. The molecule has 2 rings (SSSR count).